The van der Waals surface area contributed by atoms with Crippen LogP contribution < -0.4 is 4.74 Å². The Hall–Kier alpha value is -2.12. The molecule has 2 rings (SSSR count). The van der Waals surface area contributed by atoms with E-state index in [1.165, 1.54) is 0 Å². The molecule has 0 aliphatic heterocycles. The summed E-state index contributed by atoms with van der Waals surface area (Å²) in [5, 5.41) is 9.08. The van der Waals surface area contributed by atoms with Crippen molar-refractivity contribution in [3.05, 3.63) is 64.1 Å². The fourth-order valence-electron chi connectivity index (χ4n) is 1.77. The lowest BCUT2D eigenvalue weighted by atomic mass is 10.1. The number of halogens is 1. The monoisotopic (exact) mass is 329 g/mol. The van der Waals surface area contributed by atoms with Crippen LogP contribution in [0.1, 0.15) is 22.8 Å². The Bertz CT molecular complexity index is 662. The van der Waals surface area contributed by atoms with Gasteiger partial charge in [-0.3, -0.25) is 4.79 Å². The Balaban J connectivity index is 2.18. The number of ether oxygens (including phenoxy) is 1. The molecule has 1 atom stereocenters. The highest BCUT2D eigenvalue weighted by atomic mass is 79.9. The van der Waals surface area contributed by atoms with E-state index in [1.807, 2.05) is 6.07 Å². The Morgan fingerprint density at radius 2 is 1.95 bits per heavy atom. The van der Waals surface area contributed by atoms with Crippen molar-refractivity contribution in [2.24, 2.45) is 0 Å². The molecule has 0 saturated heterocycles. The van der Waals surface area contributed by atoms with Crippen LogP contribution in [-0.2, 0) is 0 Å². The molecule has 0 saturated carbocycles. The first-order valence-corrected chi connectivity index (χ1v) is 6.86. The maximum atomic E-state index is 12.2. The third kappa shape index (κ3) is 3.25. The molecule has 20 heavy (non-hydrogen) atoms. The van der Waals surface area contributed by atoms with E-state index in [0.29, 0.717) is 16.9 Å². The van der Waals surface area contributed by atoms with E-state index in [0.717, 1.165) is 4.47 Å². The number of carbonyl (C=O) groups excluding carboxylic acids is 1. The van der Waals surface area contributed by atoms with E-state index < -0.39 is 6.10 Å². The summed E-state index contributed by atoms with van der Waals surface area (Å²) in [5.74, 6) is 0.296. The van der Waals surface area contributed by atoms with Gasteiger partial charge in [-0.2, -0.15) is 5.26 Å². The predicted molar refractivity (Wildman–Crippen MR) is 79.7 cm³/mol. The lowest BCUT2D eigenvalue weighted by Gasteiger charge is -2.14. The first-order valence-electron chi connectivity index (χ1n) is 6.07. The second-order valence-electron chi connectivity index (χ2n) is 4.24. The average molecular weight is 330 g/mol. The summed E-state index contributed by atoms with van der Waals surface area (Å²) >= 11 is 3.30. The lowest BCUT2D eigenvalue weighted by Crippen LogP contribution is -2.24. The molecule has 0 aliphatic rings. The number of benzene rings is 2. The Labute approximate surface area is 125 Å². The molecule has 100 valence electrons. The Kier molecular flexibility index (Phi) is 4.54. The molecule has 0 aliphatic carbocycles. The number of nitriles is 1. The van der Waals surface area contributed by atoms with Crippen LogP contribution in [-0.4, -0.2) is 11.9 Å². The van der Waals surface area contributed by atoms with Crippen LogP contribution in [0.25, 0.3) is 0 Å². The number of ketones is 1. The van der Waals surface area contributed by atoms with Gasteiger partial charge in [0.15, 0.2) is 6.10 Å². The van der Waals surface area contributed by atoms with Crippen molar-refractivity contribution in [2.75, 3.05) is 0 Å². The van der Waals surface area contributed by atoms with Gasteiger partial charge in [-0.25, -0.2) is 0 Å². The minimum Gasteiger partial charge on any atom is -0.481 e. The van der Waals surface area contributed by atoms with Crippen LogP contribution in [0.15, 0.2) is 53.0 Å². The first-order chi connectivity index (χ1) is 9.61. The maximum absolute atomic E-state index is 12.2. The second kappa shape index (κ2) is 6.36. The van der Waals surface area contributed by atoms with Crippen LogP contribution in [0.3, 0.4) is 0 Å². The van der Waals surface area contributed by atoms with Crippen molar-refractivity contribution in [3.8, 4) is 11.8 Å². The van der Waals surface area contributed by atoms with Crippen LogP contribution in [0.5, 0.6) is 5.75 Å². The summed E-state index contributed by atoms with van der Waals surface area (Å²) in [6, 6.07) is 16.1. The van der Waals surface area contributed by atoms with Crippen molar-refractivity contribution in [3.63, 3.8) is 0 Å². The van der Waals surface area contributed by atoms with Gasteiger partial charge in [-0.15, -0.1) is 0 Å². The third-order valence-electron chi connectivity index (χ3n) is 2.79. The molecule has 0 fully saturated rings. The zero-order valence-corrected chi connectivity index (χ0v) is 12.4. The zero-order valence-electron chi connectivity index (χ0n) is 10.8. The van der Waals surface area contributed by atoms with Gasteiger partial charge in [0.25, 0.3) is 0 Å². The fraction of sp³-hybridized carbons (Fsp3) is 0.125. The normalized spacial score (nSPS) is 11.4. The molecule has 1 unspecified atom stereocenters. The van der Waals surface area contributed by atoms with Crippen LogP contribution in [0.2, 0.25) is 0 Å². The number of Topliss-reactive ketones (excluding diaryl/α,β-unsaturated/α-hetero) is 1. The minimum absolute atomic E-state index is 0.114. The number of rotatable bonds is 4. The first kappa shape index (κ1) is 14.3. The number of hydrogen-bond donors (Lipinski definition) is 0. The van der Waals surface area contributed by atoms with E-state index in [1.54, 1.807) is 49.4 Å². The second-order valence-corrected chi connectivity index (χ2v) is 5.16. The van der Waals surface area contributed by atoms with E-state index in [2.05, 4.69) is 22.0 Å². The number of hydrogen-bond acceptors (Lipinski definition) is 3. The van der Waals surface area contributed by atoms with E-state index in [4.69, 9.17) is 10.00 Å². The predicted octanol–water partition coefficient (Wildman–Crippen LogP) is 3.97. The topological polar surface area (TPSA) is 50.1 Å². The van der Waals surface area contributed by atoms with Crippen LogP contribution >= 0.6 is 15.9 Å². The van der Waals surface area contributed by atoms with Gasteiger partial charge < -0.3 is 4.74 Å². The highest BCUT2D eigenvalue weighted by Gasteiger charge is 2.18. The summed E-state index contributed by atoms with van der Waals surface area (Å²) < 4.78 is 6.41. The molecule has 0 bridgehead atoms. The summed E-state index contributed by atoms with van der Waals surface area (Å²) in [6.45, 7) is 1.68. The SMILES string of the molecule is CC(Oc1ccc(Br)cc1C#N)C(=O)c1ccccc1. The molecule has 0 spiro atoms. The van der Waals surface area contributed by atoms with Gasteiger partial charge in [0.2, 0.25) is 5.78 Å². The Morgan fingerprint density at radius 3 is 2.60 bits per heavy atom. The summed E-state index contributed by atoms with van der Waals surface area (Å²) in [4.78, 5) is 12.2. The van der Waals surface area contributed by atoms with Gasteiger partial charge in [0, 0.05) is 10.0 Å². The van der Waals surface area contributed by atoms with Crippen molar-refractivity contribution in [1.82, 2.24) is 0 Å². The summed E-state index contributed by atoms with van der Waals surface area (Å²) in [6.07, 6.45) is -0.648. The Morgan fingerprint density at radius 1 is 1.25 bits per heavy atom. The molecule has 0 N–H and O–H groups in total. The summed E-state index contributed by atoms with van der Waals surface area (Å²) in [5.41, 5.74) is 0.989. The van der Waals surface area contributed by atoms with Gasteiger partial charge >= 0.3 is 0 Å². The number of carbonyl (C=O) groups is 1. The summed E-state index contributed by atoms with van der Waals surface area (Å²) in [7, 11) is 0. The highest BCUT2D eigenvalue weighted by molar-refractivity contribution is 9.10. The molecular formula is C16H12BrNO2. The number of nitrogens with zero attached hydrogens (tertiary/aromatic N) is 1. The van der Waals surface area contributed by atoms with E-state index in [-0.39, 0.29) is 5.78 Å². The quantitative estimate of drug-likeness (QED) is 0.797. The zero-order chi connectivity index (χ0) is 14.5. The average Bonchev–Trinajstić information content (AvgIpc) is 2.49. The third-order valence-corrected chi connectivity index (χ3v) is 3.29. The molecule has 2 aromatic carbocycles. The molecule has 4 heteroatoms. The molecule has 0 aromatic heterocycles. The van der Waals surface area contributed by atoms with Crippen LogP contribution in [0.4, 0.5) is 0 Å². The van der Waals surface area contributed by atoms with Crippen molar-refractivity contribution in [1.29, 1.82) is 5.26 Å². The lowest BCUT2D eigenvalue weighted by molar-refractivity contribution is 0.0817. The fourth-order valence-corrected chi connectivity index (χ4v) is 2.13. The smallest absolute Gasteiger partial charge is 0.202 e. The van der Waals surface area contributed by atoms with Crippen molar-refractivity contribution >= 4 is 21.7 Å². The van der Waals surface area contributed by atoms with Crippen molar-refractivity contribution < 1.29 is 9.53 Å². The standard InChI is InChI=1S/C16H12BrNO2/c1-11(16(19)12-5-3-2-4-6-12)20-15-8-7-14(17)9-13(15)10-18/h2-9,11H,1H3. The largest absolute Gasteiger partial charge is 0.481 e. The van der Waals surface area contributed by atoms with Gasteiger partial charge in [-0.05, 0) is 25.1 Å². The van der Waals surface area contributed by atoms with Crippen molar-refractivity contribution in [2.45, 2.75) is 13.0 Å². The molecule has 0 heterocycles. The van der Waals surface area contributed by atoms with E-state index in [9.17, 15) is 4.79 Å². The highest BCUT2D eigenvalue weighted by Crippen LogP contribution is 2.24. The molecule has 0 radical (unpaired) electrons. The van der Waals surface area contributed by atoms with E-state index >= 15 is 0 Å². The van der Waals surface area contributed by atoms with Gasteiger partial charge in [-0.1, -0.05) is 46.3 Å². The molecular weight excluding hydrogens is 318 g/mol. The van der Waals surface area contributed by atoms with Gasteiger partial charge in [0.1, 0.15) is 11.8 Å². The molecule has 0 amide bonds. The molecule has 3 nitrogen and oxygen atoms in total. The van der Waals surface area contributed by atoms with Crippen LogP contribution in [0, 0.1) is 11.3 Å². The van der Waals surface area contributed by atoms with Gasteiger partial charge in [0.05, 0.1) is 5.56 Å². The molecule has 2 aromatic rings. The minimum atomic E-state index is -0.648. The maximum Gasteiger partial charge on any atom is 0.202 e.